The summed E-state index contributed by atoms with van der Waals surface area (Å²) in [7, 11) is 3.48. The van der Waals surface area contributed by atoms with Crippen molar-refractivity contribution in [3.05, 3.63) is 23.0 Å². The van der Waals surface area contributed by atoms with Gasteiger partial charge in [-0.15, -0.1) is 0 Å². The molecule has 0 aromatic carbocycles. The fraction of sp³-hybridized carbons (Fsp3) is 0.533. The highest BCUT2D eigenvalue weighted by Crippen LogP contribution is 2.58. The van der Waals surface area contributed by atoms with E-state index in [0.717, 1.165) is 6.08 Å². The minimum atomic E-state index is -0.946. The second-order valence-electron chi connectivity index (χ2n) is 6.48. The third-order valence-electron chi connectivity index (χ3n) is 5.57. The molecular weight excluding hydrogens is 316 g/mol. The number of hydrogen-bond acceptors (Lipinski definition) is 8. The van der Waals surface area contributed by atoms with E-state index in [4.69, 9.17) is 20.9 Å². The summed E-state index contributed by atoms with van der Waals surface area (Å²) in [6.45, 7) is 0.412. The van der Waals surface area contributed by atoms with Crippen LogP contribution in [0.4, 0.5) is 4.79 Å². The van der Waals surface area contributed by atoms with E-state index in [1.54, 1.807) is 0 Å². The molecule has 0 bridgehead atoms. The Labute approximate surface area is 137 Å². The quantitative estimate of drug-likeness (QED) is 0.462. The zero-order valence-corrected chi connectivity index (χ0v) is 13.3. The van der Waals surface area contributed by atoms with Crippen LogP contribution >= 0.6 is 0 Å². The van der Waals surface area contributed by atoms with Crippen LogP contribution in [0.15, 0.2) is 23.0 Å². The molecule has 9 nitrogen and oxygen atoms in total. The van der Waals surface area contributed by atoms with E-state index in [1.807, 2.05) is 11.9 Å². The number of piperazine rings is 1. The number of primary amides is 1. The van der Waals surface area contributed by atoms with Crippen LogP contribution in [0.25, 0.3) is 0 Å². The average molecular weight is 334 g/mol. The standard InChI is InChI=1S/C15H18N4O5/c1-18-8-4-19-11-9(20)3-7(16)12(21)10(11)6(5-24-14(17)22)15(19,23-2)13(8)18/h3,6,8,13H,4-5,16H2,1-2H3,(H2,17,22)/t6?,8?,13?,15-,18?/m1/s1. The molecule has 9 heteroatoms. The Bertz CT molecular complexity index is 744. The third-order valence-corrected chi connectivity index (χ3v) is 5.57. The molecule has 0 spiro atoms. The van der Waals surface area contributed by atoms with Crippen molar-refractivity contribution >= 4 is 17.7 Å². The largest absolute Gasteiger partial charge is 0.449 e. The van der Waals surface area contributed by atoms with Gasteiger partial charge in [-0.1, -0.05) is 0 Å². The molecule has 0 aromatic heterocycles. The fourth-order valence-electron chi connectivity index (χ4n) is 4.57. The van der Waals surface area contributed by atoms with Gasteiger partial charge in [-0.05, 0) is 7.05 Å². The molecule has 3 heterocycles. The summed E-state index contributed by atoms with van der Waals surface area (Å²) >= 11 is 0. The predicted octanol–water partition coefficient (Wildman–Crippen LogP) is -1.70. The number of ketones is 2. The number of carbonyl (C=O) groups excluding carboxylic acids is 3. The normalized spacial score (nSPS) is 39.4. The van der Waals surface area contributed by atoms with Gasteiger partial charge in [0.05, 0.1) is 23.4 Å². The summed E-state index contributed by atoms with van der Waals surface area (Å²) < 4.78 is 10.8. The minimum Gasteiger partial charge on any atom is -0.449 e. The number of ether oxygens (including phenoxy) is 2. The molecule has 0 saturated carbocycles. The number of Topliss-reactive ketones (excluding diaryl/α,β-unsaturated/α-hetero) is 1. The van der Waals surface area contributed by atoms with Crippen molar-refractivity contribution in [2.75, 3.05) is 27.3 Å². The van der Waals surface area contributed by atoms with Gasteiger partial charge >= 0.3 is 6.09 Å². The third kappa shape index (κ3) is 1.58. The molecule has 128 valence electrons. The molecule has 5 atom stereocenters. The number of fused-ring (bicyclic) bond motifs is 4. The summed E-state index contributed by atoms with van der Waals surface area (Å²) in [4.78, 5) is 40.2. The lowest BCUT2D eigenvalue weighted by molar-refractivity contribution is -0.144. The number of rotatable bonds is 3. The van der Waals surface area contributed by atoms with Crippen LogP contribution in [0.2, 0.25) is 0 Å². The number of likely N-dealkylation sites (N-methyl/N-ethyl adjacent to an activating group) is 1. The van der Waals surface area contributed by atoms with Crippen LogP contribution in [0.3, 0.4) is 0 Å². The van der Waals surface area contributed by atoms with E-state index in [0.29, 0.717) is 12.2 Å². The lowest BCUT2D eigenvalue weighted by Crippen LogP contribution is -2.55. The molecule has 4 N–H and O–H groups in total. The van der Waals surface area contributed by atoms with E-state index < -0.39 is 23.5 Å². The summed E-state index contributed by atoms with van der Waals surface area (Å²) in [6, 6.07) is 0.220. The van der Waals surface area contributed by atoms with Gasteiger partial charge in [0.1, 0.15) is 6.61 Å². The van der Waals surface area contributed by atoms with Crippen molar-refractivity contribution < 1.29 is 23.9 Å². The molecule has 4 aliphatic rings. The first-order valence-electron chi connectivity index (χ1n) is 7.62. The molecule has 0 aromatic rings. The number of hydrogen-bond donors (Lipinski definition) is 2. The second kappa shape index (κ2) is 4.58. The second-order valence-corrected chi connectivity index (χ2v) is 6.48. The number of methoxy groups -OCH3 is 1. The number of nitrogens with zero attached hydrogens (tertiary/aromatic N) is 2. The van der Waals surface area contributed by atoms with Gasteiger partial charge in [0.15, 0.2) is 5.72 Å². The first kappa shape index (κ1) is 15.2. The lowest BCUT2D eigenvalue weighted by atomic mass is 9.84. The van der Waals surface area contributed by atoms with Gasteiger partial charge < -0.3 is 25.8 Å². The Kier molecular flexibility index (Phi) is 2.89. The van der Waals surface area contributed by atoms with E-state index in [9.17, 15) is 14.4 Å². The van der Waals surface area contributed by atoms with Crippen molar-refractivity contribution in [2.45, 2.75) is 17.8 Å². The fourth-order valence-corrected chi connectivity index (χ4v) is 4.57. The molecule has 4 rings (SSSR count). The zero-order chi connectivity index (χ0) is 17.4. The maximum atomic E-state index is 12.6. The lowest BCUT2D eigenvalue weighted by Gasteiger charge is -2.40. The molecule has 1 amide bonds. The highest BCUT2D eigenvalue weighted by molar-refractivity contribution is 6.23. The van der Waals surface area contributed by atoms with E-state index in [2.05, 4.69) is 4.90 Å². The van der Waals surface area contributed by atoms with Crippen molar-refractivity contribution in [2.24, 2.45) is 17.4 Å². The van der Waals surface area contributed by atoms with Crippen LogP contribution in [-0.4, -0.2) is 72.6 Å². The molecule has 1 aliphatic carbocycles. The maximum absolute atomic E-state index is 12.6. The molecule has 24 heavy (non-hydrogen) atoms. The van der Waals surface area contributed by atoms with Crippen molar-refractivity contribution in [3.63, 3.8) is 0 Å². The Hall–Kier alpha value is -2.39. The van der Waals surface area contributed by atoms with E-state index in [-0.39, 0.29) is 35.7 Å². The van der Waals surface area contributed by atoms with Gasteiger partial charge in [0.25, 0.3) is 0 Å². The maximum Gasteiger partial charge on any atom is 0.404 e. The number of nitrogens with two attached hydrogens (primary N) is 2. The smallest absolute Gasteiger partial charge is 0.404 e. The van der Waals surface area contributed by atoms with Crippen molar-refractivity contribution in [3.8, 4) is 0 Å². The molecule has 2 fully saturated rings. The van der Waals surface area contributed by atoms with E-state index in [1.165, 1.54) is 7.11 Å². The van der Waals surface area contributed by atoms with Crippen molar-refractivity contribution in [1.29, 1.82) is 0 Å². The zero-order valence-electron chi connectivity index (χ0n) is 13.3. The van der Waals surface area contributed by atoms with Crippen LogP contribution < -0.4 is 11.5 Å². The predicted molar refractivity (Wildman–Crippen MR) is 80.1 cm³/mol. The van der Waals surface area contributed by atoms with Crippen LogP contribution in [-0.2, 0) is 19.1 Å². The molecule has 2 saturated heterocycles. The molecule has 4 unspecified atom stereocenters. The minimum absolute atomic E-state index is 0.00333. The summed E-state index contributed by atoms with van der Waals surface area (Å²) in [6.07, 6.45) is 0.200. The van der Waals surface area contributed by atoms with Crippen LogP contribution in [0.1, 0.15) is 0 Å². The number of allylic oxidation sites excluding steroid dienone is 2. The van der Waals surface area contributed by atoms with Crippen molar-refractivity contribution in [1.82, 2.24) is 9.80 Å². The van der Waals surface area contributed by atoms with Crippen LogP contribution in [0, 0.1) is 5.92 Å². The Morgan fingerprint density at radius 2 is 2.17 bits per heavy atom. The van der Waals surface area contributed by atoms with Gasteiger partial charge in [-0.2, -0.15) is 0 Å². The SMILES string of the molecule is CO[C@@]12C(COC(N)=O)C3=C(C(=O)C=C(N)C3=O)N1CC1C2N1C. The monoisotopic (exact) mass is 334 g/mol. The molecule has 0 radical (unpaired) electrons. The first-order valence-corrected chi connectivity index (χ1v) is 7.62. The van der Waals surface area contributed by atoms with Gasteiger partial charge in [-0.25, -0.2) is 4.79 Å². The summed E-state index contributed by atoms with van der Waals surface area (Å²) in [5.41, 5.74) is 10.3. The molecule has 3 aliphatic heterocycles. The molecular formula is C15H18N4O5. The van der Waals surface area contributed by atoms with Gasteiger partial charge in [0, 0.05) is 31.3 Å². The highest BCUT2D eigenvalue weighted by Gasteiger charge is 2.75. The number of amides is 1. The summed E-state index contributed by atoms with van der Waals surface area (Å²) in [5, 5.41) is 0. The summed E-state index contributed by atoms with van der Waals surface area (Å²) in [5.74, 6) is -1.38. The first-order chi connectivity index (χ1) is 11.3. The van der Waals surface area contributed by atoms with Crippen LogP contribution in [0.5, 0.6) is 0 Å². The topological polar surface area (TPSA) is 128 Å². The highest BCUT2D eigenvalue weighted by atomic mass is 16.6. The Balaban J connectivity index is 1.83. The van der Waals surface area contributed by atoms with E-state index >= 15 is 0 Å². The Morgan fingerprint density at radius 3 is 2.79 bits per heavy atom. The number of carbonyl (C=O) groups is 3. The Morgan fingerprint density at radius 1 is 1.46 bits per heavy atom. The average Bonchev–Trinajstić information content (AvgIpc) is 2.92. The van der Waals surface area contributed by atoms with Gasteiger partial charge in [0.2, 0.25) is 11.6 Å². The van der Waals surface area contributed by atoms with Gasteiger partial charge in [-0.3, -0.25) is 14.5 Å².